The molecule has 0 fully saturated rings. The van der Waals surface area contributed by atoms with Gasteiger partial charge in [0.05, 0.1) is 19.8 Å². The van der Waals surface area contributed by atoms with Gasteiger partial charge in [-0.25, -0.2) is 0 Å². The standard InChI is InChI=1S/C12H27NO2/c1-3-4-5-6-7-8-13(2)9-11-15-12-10-14/h14H,3-12H2,1-2H3. The smallest absolute Gasteiger partial charge is 0.0698 e. The fraction of sp³-hybridized carbons (Fsp3) is 1.00. The fourth-order valence-corrected chi connectivity index (χ4v) is 1.48. The first kappa shape index (κ1) is 14.9. The number of unbranched alkanes of at least 4 members (excludes halogenated alkanes) is 4. The number of aliphatic hydroxyl groups is 1. The predicted molar refractivity (Wildman–Crippen MR) is 64.2 cm³/mol. The number of aliphatic hydroxyl groups excluding tert-OH is 1. The number of rotatable bonds is 11. The van der Waals surface area contributed by atoms with Crippen LogP contribution >= 0.6 is 0 Å². The van der Waals surface area contributed by atoms with Gasteiger partial charge in [0, 0.05) is 6.54 Å². The average molecular weight is 217 g/mol. The zero-order valence-corrected chi connectivity index (χ0v) is 10.4. The van der Waals surface area contributed by atoms with Gasteiger partial charge in [-0.2, -0.15) is 0 Å². The van der Waals surface area contributed by atoms with Crippen molar-refractivity contribution >= 4 is 0 Å². The summed E-state index contributed by atoms with van der Waals surface area (Å²) < 4.78 is 5.21. The first-order valence-electron chi connectivity index (χ1n) is 6.18. The van der Waals surface area contributed by atoms with E-state index in [1.165, 1.54) is 32.1 Å². The molecule has 0 aromatic rings. The molecule has 3 heteroatoms. The van der Waals surface area contributed by atoms with Crippen LogP contribution in [0.5, 0.6) is 0 Å². The molecule has 0 unspecified atom stereocenters. The number of hydrogen-bond donors (Lipinski definition) is 1. The van der Waals surface area contributed by atoms with Gasteiger partial charge in [-0.15, -0.1) is 0 Å². The second-order valence-electron chi connectivity index (χ2n) is 4.05. The van der Waals surface area contributed by atoms with Crippen molar-refractivity contribution in [3.8, 4) is 0 Å². The summed E-state index contributed by atoms with van der Waals surface area (Å²) in [6.07, 6.45) is 6.67. The van der Waals surface area contributed by atoms with Crippen LogP contribution in [0.25, 0.3) is 0 Å². The average Bonchev–Trinajstić information content (AvgIpc) is 2.24. The molecule has 0 radical (unpaired) electrons. The first-order chi connectivity index (χ1) is 7.31. The predicted octanol–water partition coefficient (Wildman–Crippen LogP) is 1.90. The monoisotopic (exact) mass is 217 g/mol. The lowest BCUT2D eigenvalue weighted by Gasteiger charge is -2.16. The lowest BCUT2D eigenvalue weighted by Crippen LogP contribution is -2.24. The van der Waals surface area contributed by atoms with Crippen molar-refractivity contribution in [1.29, 1.82) is 0 Å². The van der Waals surface area contributed by atoms with Crippen molar-refractivity contribution in [2.75, 3.05) is 40.0 Å². The van der Waals surface area contributed by atoms with E-state index in [1.807, 2.05) is 0 Å². The molecule has 0 amide bonds. The molecule has 0 atom stereocenters. The van der Waals surface area contributed by atoms with Gasteiger partial charge in [0.25, 0.3) is 0 Å². The molecule has 0 saturated heterocycles. The molecule has 0 aromatic heterocycles. The quantitative estimate of drug-likeness (QED) is 0.537. The number of ether oxygens (including phenoxy) is 1. The Morgan fingerprint density at radius 3 is 2.40 bits per heavy atom. The van der Waals surface area contributed by atoms with Gasteiger partial charge >= 0.3 is 0 Å². The molecule has 0 rings (SSSR count). The van der Waals surface area contributed by atoms with Crippen LogP contribution in [0, 0.1) is 0 Å². The highest BCUT2D eigenvalue weighted by Crippen LogP contribution is 2.02. The third-order valence-electron chi connectivity index (χ3n) is 2.50. The van der Waals surface area contributed by atoms with E-state index in [1.54, 1.807) is 0 Å². The zero-order chi connectivity index (χ0) is 11.4. The summed E-state index contributed by atoms with van der Waals surface area (Å²) in [5.41, 5.74) is 0. The summed E-state index contributed by atoms with van der Waals surface area (Å²) in [5.74, 6) is 0. The molecule has 0 bridgehead atoms. The molecule has 1 N–H and O–H groups in total. The molecular weight excluding hydrogens is 190 g/mol. The van der Waals surface area contributed by atoms with Crippen molar-refractivity contribution in [1.82, 2.24) is 4.90 Å². The van der Waals surface area contributed by atoms with Crippen molar-refractivity contribution in [3.63, 3.8) is 0 Å². The molecule has 0 aromatic carbocycles. The van der Waals surface area contributed by atoms with E-state index >= 15 is 0 Å². The lowest BCUT2D eigenvalue weighted by molar-refractivity contribution is 0.0781. The van der Waals surface area contributed by atoms with Gasteiger partial charge in [0.1, 0.15) is 0 Å². The van der Waals surface area contributed by atoms with Crippen LogP contribution in [0.4, 0.5) is 0 Å². The maximum atomic E-state index is 8.52. The number of hydrogen-bond acceptors (Lipinski definition) is 3. The highest BCUT2D eigenvalue weighted by molar-refractivity contribution is 4.51. The van der Waals surface area contributed by atoms with Crippen LogP contribution in [0.15, 0.2) is 0 Å². The van der Waals surface area contributed by atoms with Crippen LogP contribution < -0.4 is 0 Å². The van der Waals surface area contributed by atoms with E-state index in [4.69, 9.17) is 9.84 Å². The Morgan fingerprint density at radius 1 is 1.00 bits per heavy atom. The first-order valence-corrected chi connectivity index (χ1v) is 6.18. The van der Waals surface area contributed by atoms with Crippen LogP contribution in [-0.2, 0) is 4.74 Å². The van der Waals surface area contributed by atoms with Crippen molar-refractivity contribution in [2.24, 2.45) is 0 Å². The minimum Gasteiger partial charge on any atom is -0.394 e. The normalized spacial score (nSPS) is 11.2. The van der Waals surface area contributed by atoms with E-state index in [-0.39, 0.29) is 6.61 Å². The summed E-state index contributed by atoms with van der Waals surface area (Å²) in [5, 5.41) is 8.52. The Kier molecular flexibility index (Phi) is 11.9. The van der Waals surface area contributed by atoms with Crippen LogP contribution in [-0.4, -0.2) is 50.0 Å². The molecular formula is C12H27NO2. The number of nitrogens with zero attached hydrogens (tertiary/aromatic N) is 1. The van der Waals surface area contributed by atoms with E-state index in [0.29, 0.717) is 6.61 Å². The van der Waals surface area contributed by atoms with Gasteiger partial charge in [-0.1, -0.05) is 32.6 Å². The largest absolute Gasteiger partial charge is 0.394 e. The Bertz CT molecular complexity index is 120. The minimum atomic E-state index is 0.126. The molecule has 3 nitrogen and oxygen atoms in total. The van der Waals surface area contributed by atoms with Crippen molar-refractivity contribution in [3.05, 3.63) is 0 Å². The molecule has 92 valence electrons. The topological polar surface area (TPSA) is 32.7 Å². The Labute approximate surface area is 94.4 Å². The summed E-state index contributed by atoms with van der Waals surface area (Å²) in [6, 6.07) is 0. The zero-order valence-electron chi connectivity index (χ0n) is 10.4. The van der Waals surface area contributed by atoms with Crippen LogP contribution in [0.2, 0.25) is 0 Å². The molecule has 0 aliphatic carbocycles. The number of likely N-dealkylation sites (N-methyl/N-ethyl adjacent to an activating group) is 1. The molecule has 0 spiro atoms. The summed E-state index contributed by atoms with van der Waals surface area (Å²) in [4.78, 5) is 2.29. The van der Waals surface area contributed by atoms with Gasteiger partial charge in [-0.05, 0) is 20.0 Å². The SMILES string of the molecule is CCCCCCCN(C)CCOCCO. The maximum Gasteiger partial charge on any atom is 0.0698 e. The van der Waals surface area contributed by atoms with Gasteiger partial charge in [-0.3, -0.25) is 0 Å². The Morgan fingerprint density at radius 2 is 1.73 bits per heavy atom. The molecule has 0 aliphatic rings. The second-order valence-corrected chi connectivity index (χ2v) is 4.05. The maximum absolute atomic E-state index is 8.52. The van der Waals surface area contributed by atoms with Gasteiger partial charge in [0.15, 0.2) is 0 Å². The molecule has 0 saturated carbocycles. The third kappa shape index (κ3) is 11.8. The van der Waals surface area contributed by atoms with Crippen LogP contribution in [0.1, 0.15) is 39.0 Å². The summed E-state index contributed by atoms with van der Waals surface area (Å²) in [7, 11) is 2.13. The van der Waals surface area contributed by atoms with E-state index in [0.717, 1.165) is 19.7 Å². The highest BCUT2D eigenvalue weighted by Gasteiger charge is 1.97. The van der Waals surface area contributed by atoms with E-state index in [9.17, 15) is 0 Å². The third-order valence-corrected chi connectivity index (χ3v) is 2.50. The van der Waals surface area contributed by atoms with Crippen molar-refractivity contribution < 1.29 is 9.84 Å². The van der Waals surface area contributed by atoms with Crippen molar-refractivity contribution in [2.45, 2.75) is 39.0 Å². The van der Waals surface area contributed by atoms with E-state index < -0.39 is 0 Å². The molecule has 0 heterocycles. The molecule has 15 heavy (non-hydrogen) atoms. The Balaban J connectivity index is 3.08. The summed E-state index contributed by atoms with van der Waals surface area (Å²) >= 11 is 0. The van der Waals surface area contributed by atoms with Gasteiger partial charge in [0.2, 0.25) is 0 Å². The van der Waals surface area contributed by atoms with Crippen LogP contribution in [0.3, 0.4) is 0 Å². The second kappa shape index (κ2) is 12.0. The Hall–Kier alpha value is -0.120. The highest BCUT2D eigenvalue weighted by atomic mass is 16.5. The fourth-order valence-electron chi connectivity index (χ4n) is 1.48. The lowest BCUT2D eigenvalue weighted by atomic mass is 10.1. The molecule has 0 aliphatic heterocycles. The minimum absolute atomic E-state index is 0.126. The summed E-state index contributed by atoms with van der Waals surface area (Å²) in [6.45, 7) is 5.68. The van der Waals surface area contributed by atoms with Gasteiger partial charge < -0.3 is 14.7 Å². The van der Waals surface area contributed by atoms with E-state index in [2.05, 4.69) is 18.9 Å².